The van der Waals surface area contributed by atoms with Crippen LogP contribution >= 0.6 is 0 Å². The second kappa shape index (κ2) is 12.8. The molecule has 3 nitrogen and oxygen atoms in total. The van der Waals surface area contributed by atoms with Crippen LogP contribution in [-0.2, 0) is 19.9 Å². The number of aromatic nitrogens is 1. The molecular weight excluding hydrogens is 356 g/mol. The van der Waals surface area contributed by atoms with Gasteiger partial charge in [-0.05, 0) is 43.2 Å². The van der Waals surface area contributed by atoms with Crippen molar-refractivity contribution in [2.24, 2.45) is 7.05 Å². The number of pyridine rings is 1. The van der Waals surface area contributed by atoms with Crippen molar-refractivity contribution in [1.82, 2.24) is 4.57 Å². The number of hydrogen-bond donors (Lipinski definition) is 0. The number of unbranched alkanes of at least 4 members (excludes halogenated alkanes) is 6. The Kier molecular flexibility index (Phi) is 10.00. The van der Waals surface area contributed by atoms with Gasteiger partial charge in [-0.3, -0.25) is 4.79 Å². The summed E-state index contributed by atoms with van der Waals surface area (Å²) in [5.74, 6) is 0. The first-order valence-corrected chi connectivity index (χ1v) is 11.0. The second-order valence-corrected chi connectivity index (χ2v) is 7.75. The number of hydrogen-bond acceptors (Lipinski definition) is 2. The third kappa shape index (κ3) is 7.74. The van der Waals surface area contributed by atoms with Gasteiger partial charge >= 0.3 is 0 Å². The van der Waals surface area contributed by atoms with Crippen LogP contribution in [-0.4, -0.2) is 4.57 Å². The number of allylic oxidation sites excluding steroid dienone is 2. The molecule has 0 saturated carbocycles. The van der Waals surface area contributed by atoms with E-state index in [2.05, 4.69) is 49.4 Å². The molecule has 29 heavy (non-hydrogen) atoms. The molecule has 1 aromatic heterocycles. The summed E-state index contributed by atoms with van der Waals surface area (Å²) in [6, 6.07) is 10.7. The van der Waals surface area contributed by atoms with Crippen molar-refractivity contribution in [2.45, 2.75) is 71.1 Å². The van der Waals surface area contributed by atoms with Crippen molar-refractivity contribution < 1.29 is 0 Å². The summed E-state index contributed by atoms with van der Waals surface area (Å²) >= 11 is 0. The fourth-order valence-electron chi connectivity index (χ4n) is 3.60. The zero-order valence-electron chi connectivity index (χ0n) is 18.0. The van der Waals surface area contributed by atoms with Crippen LogP contribution in [0.2, 0.25) is 0 Å². The van der Waals surface area contributed by atoms with Gasteiger partial charge < -0.3 is 4.57 Å². The molecule has 0 unspecified atom stereocenters. The van der Waals surface area contributed by atoms with Crippen molar-refractivity contribution >= 4 is 0 Å². The average molecular weight is 391 g/mol. The summed E-state index contributed by atoms with van der Waals surface area (Å²) in [4.78, 5) is 12.9. The highest BCUT2D eigenvalue weighted by molar-refractivity contribution is 5.63. The first kappa shape index (κ1) is 22.7. The standard InChI is InChI=1S/C26H34N2O/c1-3-4-10-14-24-20-28(2)21-25(26(24)29)23-17-15-22(16-18-23)13-11-8-6-5-7-9-12-19-27/h4,10,15-18,20-21H,3,5-9,11-14H2,1-2H3. The van der Waals surface area contributed by atoms with E-state index in [0.29, 0.717) is 12.8 Å². The van der Waals surface area contributed by atoms with Gasteiger partial charge in [-0.2, -0.15) is 5.26 Å². The number of nitrogens with zero attached hydrogens (tertiary/aromatic N) is 2. The molecule has 0 amide bonds. The van der Waals surface area contributed by atoms with Gasteiger partial charge in [0.05, 0.1) is 6.07 Å². The van der Waals surface area contributed by atoms with Gasteiger partial charge in [0.2, 0.25) is 0 Å². The first-order valence-electron chi connectivity index (χ1n) is 11.0. The SMILES string of the molecule is CCC=CCc1cn(C)cc(-c2ccc(CCCCCCCCC#N)cc2)c1=O. The zero-order valence-corrected chi connectivity index (χ0v) is 18.0. The summed E-state index contributed by atoms with van der Waals surface area (Å²) in [5, 5.41) is 8.54. The van der Waals surface area contributed by atoms with Crippen LogP contribution < -0.4 is 5.43 Å². The van der Waals surface area contributed by atoms with E-state index in [-0.39, 0.29) is 5.43 Å². The van der Waals surface area contributed by atoms with Gasteiger partial charge in [-0.1, -0.05) is 69.0 Å². The maximum Gasteiger partial charge on any atom is 0.192 e. The highest BCUT2D eigenvalue weighted by atomic mass is 16.1. The van der Waals surface area contributed by atoms with Crippen LogP contribution in [0.1, 0.15) is 69.4 Å². The molecule has 2 aromatic rings. The third-order valence-electron chi connectivity index (χ3n) is 5.24. The summed E-state index contributed by atoms with van der Waals surface area (Å²) in [6.07, 6.45) is 18.6. The Morgan fingerprint density at radius 2 is 1.66 bits per heavy atom. The molecular formula is C26H34N2O. The molecule has 0 fully saturated rings. The van der Waals surface area contributed by atoms with E-state index >= 15 is 0 Å². The van der Waals surface area contributed by atoms with Crippen molar-refractivity contribution in [2.75, 3.05) is 0 Å². The lowest BCUT2D eigenvalue weighted by molar-refractivity contribution is 0.598. The quantitative estimate of drug-likeness (QED) is 0.313. The van der Waals surface area contributed by atoms with Gasteiger partial charge in [-0.15, -0.1) is 0 Å². The predicted octanol–water partition coefficient (Wildman–Crippen LogP) is 6.36. The fourth-order valence-corrected chi connectivity index (χ4v) is 3.60. The summed E-state index contributed by atoms with van der Waals surface area (Å²) in [6.45, 7) is 2.10. The van der Waals surface area contributed by atoms with E-state index in [1.54, 1.807) is 0 Å². The summed E-state index contributed by atoms with van der Waals surface area (Å²) < 4.78 is 1.98. The number of benzene rings is 1. The molecule has 0 bridgehead atoms. The fraction of sp³-hybridized carbons (Fsp3) is 0.462. The summed E-state index contributed by atoms with van der Waals surface area (Å²) in [7, 11) is 1.98. The molecule has 0 N–H and O–H groups in total. The van der Waals surface area contributed by atoms with E-state index < -0.39 is 0 Å². The molecule has 3 heteroatoms. The molecule has 0 aliphatic carbocycles. The van der Waals surface area contributed by atoms with Gasteiger partial charge in [-0.25, -0.2) is 0 Å². The maximum atomic E-state index is 12.9. The minimum absolute atomic E-state index is 0.132. The van der Waals surface area contributed by atoms with Gasteiger partial charge in [0.15, 0.2) is 5.43 Å². The molecule has 154 valence electrons. The van der Waals surface area contributed by atoms with Crippen LogP contribution in [0, 0.1) is 11.3 Å². The molecule has 1 aromatic carbocycles. The van der Waals surface area contributed by atoms with E-state index in [0.717, 1.165) is 36.0 Å². The Bertz CT molecular complexity index is 869. The Morgan fingerprint density at radius 3 is 2.34 bits per heavy atom. The largest absolute Gasteiger partial charge is 0.356 e. The smallest absolute Gasteiger partial charge is 0.192 e. The molecule has 0 aliphatic rings. The Morgan fingerprint density at radius 1 is 0.966 bits per heavy atom. The van der Waals surface area contributed by atoms with E-state index in [9.17, 15) is 4.79 Å². The minimum Gasteiger partial charge on any atom is -0.356 e. The van der Waals surface area contributed by atoms with Crippen LogP contribution in [0.5, 0.6) is 0 Å². The van der Waals surface area contributed by atoms with Gasteiger partial charge in [0.25, 0.3) is 0 Å². The first-order chi connectivity index (χ1) is 14.2. The number of aryl methyl sites for hydroxylation is 2. The monoisotopic (exact) mass is 390 g/mol. The average Bonchev–Trinajstić information content (AvgIpc) is 2.73. The van der Waals surface area contributed by atoms with Crippen molar-refractivity contribution in [1.29, 1.82) is 5.26 Å². The third-order valence-corrected chi connectivity index (χ3v) is 5.24. The van der Waals surface area contributed by atoms with E-state index in [1.165, 1.54) is 37.7 Å². The highest BCUT2D eigenvalue weighted by Crippen LogP contribution is 2.18. The Hall–Kier alpha value is -2.60. The van der Waals surface area contributed by atoms with E-state index in [4.69, 9.17) is 5.26 Å². The Labute approximate surface area is 175 Å². The van der Waals surface area contributed by atoms with Gasteiger partial charge in [0, 0.05) is 37.0 Å². The molecule has 0 aliphatic heterocycles. The minimum atomic E-state index is 0.132. The van der Waals surface area contributed by atoms with Crippen molar-refractivity contribution in [3.8, 4) is 17.2 Å². The highest BCUT2D eigenvalue weighted by Gasteiger charge is 2.08. The van der Waals surface area contributed by atoms with Crippen LogP contribution in [0.25, 0.3) is 11.1 Å². The predicted molar refractivity (Wildman–Crippen MR) is 122 cm³/mol. The molecule has 2 rings (SSSR count). The molecule has 1 heterocycles. The van der Waals surface area contributed by atoms with Crippen molar-refractivity contribution in [3.05, 3.63) is 70.2 Å². The zero-order chi connectivity index (χ0) is 20.9. The summed E-state index contributed by atoms with van der Waals surface area (Å²) in [5.41, 5.74) is 4.07. The molecule has 0 spiro atoms. The lowest BCUT2D eigenvalue weighted by Crippen LogP contribution is -2.14. The second-order valence-electron chi connectivity index (χ2n) is 7.75. The molecule has 0 saturated heterocycles. The van der Waals surface area contributed by atoms with Gasteiger partial charge in [0.1, 0.15) is 0 Å². The molecule has 0 radical (unpaired) electrons. The van der Waals surface area contributed by atoms with Crippen LogP contribution in [0.4, 0.5) is 0 Å². The lowest BCUT2D eigenvalue weighted by atomic mass is 10.00. The maximum absolute atomic E-state index is 12.9. The normalized spacial score (nSPS) is 11.1. The number of nitriles is 1. The van der Waals surface area contributed by atoms with Crippen LogP contribution in [0.15, 0.2) is 53.6 Å². The lowest BCUT2D eigenvalue weighted by Gasteiger charge is -2.09. The topological polar surface area (TPSA) is 45.8 Å². The van der Waals surface area contributed by atoms with Crippen LogP contribution in [0.3, 0.4) is 0 Å². The number of rotatable bonds is 12. The van der Waals surface area contributed by atoms with Crippen molar-refractivity contribution in [3.63, 3.8) is 0 Å². The Balaban J connectivity index is 1.92. The molecule has 0 atom stereocenters. The van der Waals surface area contributed by atoms with E-state index in [1.807, 2.05) is 24.0 Å².